The maximum absolute atomic E-state index is 12.2. The number of ether oxygens (including phenoxy) is 1. The molecule has 0 heterocycles. The highest BCUT2D eigenvalue weighted by molar-refractivity contribution is 5.85. The van der Waals surface area contributed by atoms with E-state index >= 15 is 0 Å². The van der Waals surface area contributed by atoms with Crippen LogP contribution in [0.15, 0.2) is 48.5 Å². The Morgan fingerprint density at radius 2 is 1.59 bits per heavy atom. The topological polar surface area (TPSA) is 75.6 Å². The third kappa shape index (κ3) is 3.65. The number of hydrogen-bond acceptors (Lipinski definition) is 3. The molecule has 1 amide bonds. The Morgan fingerprint density at radius 1 is 1.00 bits per heavy atom. The molecular formula is C21H22ClNO4. The molecule has 5 nitrogen and oxygen atoms in total. The van der Waals surface area contributed by atoms with Crippen LogP contribution in [0.1, 0.15) is 36.3 Å². The van der Waals surface area contributed by atoms with Gasteiger partial charge in [0.15, 0.2) is 0 Å². The van der Waals surface area contributed by atoms with Crippen molar-refractivity contribution >= 4 is 24.5 Å². The van der Waals surface area contributed by atoms with Crippen LogP contribution in [0.25, 0.3) is 11.1 Å². The number of rotatable bonds is 4. The van der Waals surface area contributed by atoms with E-state index in [0.717, 1.165) is 17.5 Å². The van der Waals surface area contributed by atoms with Crippen LogP contribution in [0, 0.1) is 5.92 Å². The third-order valence-electron chi connectivity index (χ3n) is 5.48. The van der Waals surface area contributed by atoms with Gasteiger partial charge in [-0.2, -0.15) is 0 Å². The molecule has 1 saturated carbocycles. The minimum absolute atomic E-state index is 0. The zero-order valence-corrected chi connectivity index (χ0v) is 15.6. The monoisotopic (exact) mass is 387 g/mol. The number of benzene rings is 2. The molecule has 27 heavy (non-hydrogen) atoms. The molecule has 0 spiro atoms. The van der Waals surface area contributed by atoms with Crippen LogP contribution in [0.2, 0.25) is 0 Å². The molecule has 0 radical (unpaired) electrons. The van der Waals surface area contributed by atoms with E-state index in [4.69, 9.17) is 4.74 Å². The second-order valence-corrected chi connectivity index (χ2v) is 6.95. The molecule has 2 N–H and O–H groups in total. The number of nitrogens with one attached hydrogen (secondary N) is 1. The van der Waals surface area contributed by atoms with E-state index in [0.29, 0.717) is 12.8 Å². The minimum Gasteiger partial charge on any atom is -0.481 e. The Balaban J connectivity index is 0.00000210. The molecular weight excluding hydrogens is 366 g/mol. The van der Waals surface area contributed by atoms with Gasteiger partial charge in [-0.25, -0.2) is 4.79 Å². The molecule has 2 aliphatic rings. The lowest BCUT2D eigenvalue weighted by molar-refractivity contribution is -0.142. The number of halogens is 1. The van der Waals surface area contributed by atoms with Gasteiger partial charge in [-0.15, -0.1) is 12.4 Å². The maximum Gasteiger partial charge on any atom is 0.407 e. The van der Waals surface area contributed by atoms with E-state index in [2.05, 4.69) is 29.6 Å². The molecule has 2 aromatic carbocycles. The summed E-state index contributed by atoms with van der Waals surface area (Å²) < 4.78 is 5.49. The number of amides is 1. The highest BCUT2D eigenvalue weighted by Crippen LogP contribution is 2.44. The van der Waals surface area contributed by atoms with Gasteiger partial charge >= 0.3 is 12.1 Å². The first-order valence-electron chi connectivity index (χ1n) is 8.99. The summed E-state index contributed by atoms with van der Waals surface area (Å²) in [5.41, 5.74) is 4.68. The zero-order valence-electron chi connectivity index (χ0n) is 14.8. The fourth-order valence-corrected chi connectivity index (χ4v) is 4.22. The number of alkyl carbamates (subject to hydrolysis) is 1. The minimum atomic E-state index is -0.855. The average Bonchev–Trinajstić information content (AvgIpc) is 3.23. The lowest BCUT2D eigenvalue weighted by Gasteiger charge is -2.19. The summed E-state index contributed by atoms with van der Waals surface area (Å²) in [7, 11) is 0. The highest BCUT2D eigenvalue weighted by Gasteiger charge is 2.35. The van der Waals surface area contributed by atoms with Crippen molar-refractivity contribution in [1.82, 2.24) is 5.32 Å². The van der Waals surface area contributed by atoms with Crippen LogP contribution in [-0.2, 0) is 9.53 Å². The zero-order chi connectivity index (χ0) is 18.1. The summed E-state index contributed by atoms with van der Waals surface area (Å²) in [5.74, 6) is -1.37. The molecule has 2 aromatic rings. The predicted molar refractivity (Wildman–Crippen MR) is 104 cm³/mol. The van der Waals surface area contributed by atoms with E-state index in [-0.39, 0.29) is 31.0 Å². The molecule has 1 fully saturated rings. The second-order valence-electron chi connectivity index (χ2n) is 6.95. The van der Waals surface area contributed by atoms with E-state index in [9.17, 15) is 14.7 Å². The number of fused-ring (bicyclic) bond motifs is 3. The average molecular weight is 388 g/mol. The molecule has 0 aromatic heterocycles. The number of carbonyl (C=O) groups excluding carboxylic acids is 1. The fraction of sp³-hybridized carbons (Fsp3) is 0.333. The Bertz CT molecular complexity index is 808. The molecule has 0 saturated heterocycles. The summed E-state index contributed by atoms with van der Waals surface area (Å²) in [6.07, 6.45) is 1.56. The second kappa shape index (κ2) is 8.01. The Hall–Kier alpha value is -2.53. The fourth-order valence-electron chi connectivity index (χ4n) is 4.22. The van der Waals surface area contributed by atoms with Crippen LogP contribution < -0.4 is 5.32 Å². The van der Waals surface area contributed by atoms with Gasteiger partial charge in [0.1, 0.15) is 6.61 Å². The molecule has 2 aliphatic carbocycles. The van der Waals surface area contributed by atoms with Crippen molar-refractivity contribution in [3.05, 3.63) is 59.7 Å². The maximum atomic E-state index is 12.2. The lowest BCUT2D eigenvalue weighted by atomic mass is 9.98. The van der Waals surface area contributed by atoms with Crippen molar-refractivity contribution in [2.75, 3.05) is 6.61 Å². The quantitative estimate of drug-likeness (QED) is 0.824. The third-order valence-corrected chi connectivity index (χ3v) is 5.48. The van der Waals surface area contributed by atoms with Crippen LogP contribution >= 0.6 is 12.4 Å². The summed E-state index contributed by atoms with van der Waals surface area (Å²) in [6, 6.07) is 16.0. The van der Waals surface area contributed by atoms with Gasteiger partial charge in [0, 0.05) is 12.0 Å². The van der Waals surface area contributed by atoms with Gasteiger partial charge < -0.3 is 15.2 Å². The standard InChI is InChI=1S/C21H21NO4.ClH/c23-20(24)17-10-5-11-19(17)22-21(25)26-12-18-15-8-3-1-6-13(15)14-7-2-4-9-16(14)18;/h1-4,6-9,17-19H,5,10-12H2,(H,22,25)(H,23,24);1H/t17-,19-;/m1./s1. The molecule has 142 valence electrons. The molecule has 6 heteroatoms. The van der Waals surface area contributed by atoms with E-state index < -0.39 is 18.0 Å². The van der Waals surface area contributed by atoms with Crippen LogP contribution in [0.4, 0.5) is 4.79 Å². The summed E-state index contributed by atoms with van der Waals surface area (Å²) in [6.45, 7) is 0.240. The van der Waals surface area contributed by atoms with Gasteiger partial charge in [0.25, 0.3) is 0 Å². The molecule has 0 unspecified atom stereocenters. The van der Waals surface area contributed by atoms with Crippen molar-refractivity contribution in [1.29, 1.82) is 0 Å². The number of hydrogen-bond donors (Lipinski definition) is 2. The van der Waals surface area contributed by atoms with Gasteiger partial charge in [-0.1, -0.05) is 55.0 Å². The Kier molecular flexibility index (Phi) is 5.71. The van der Waals surface area contributed by atoms with Crippen molar-refractivity contribution in [3.8, 4) is 11.1 Å². The highest BCUT2D eigenvalue weighted by atomic mass is 35.5. The van der Waals surface area contributed by atoms with Gasteiger partial charge in [0.05, 0.1) is 5.92 Å². The van der Waals surface area contributed by atoms with Crippen molar-refractivity contribution < 1.29 is 19.4 Å². The predicted octanol–water partition coefficient (Wildman–Crippen LogP) is 4.20. The van der Waals surface area contributed by atoms with Crippen molar-refractivity contribution in [2.45, 2.75) is 31.2 Å². The first-order chi connectivity index (χ1) is 12.6. The summed E-state index contributed by atoms with van der Waals surface area (Å²) in [4.78, 5) is 23.5. The molecule has 4 rings (SSSR count). The van der Waals surface area contributed by atoms with Crippen molar-refractivity contribution in [2.24, 2.45) is 5.92 Å². The summed E-state index contributed by atoms with van der Waals surface area (Å²) in [5, 5.41) is 12.0. The lowest BCUT2D eigenvalue weighted by Crippen LogP contribution is -2.40. The number of carboxylic acids is 1. The molecule has 0 aliphatic heterocycles. The number of carbonyl (C=O) groups is 2. The van der Waals surface area contributed by atoms with Crippen LogP contribution in [0.5, 0.6) is 0 Å². The van der Waals surface area contributed by atoms with Gasteiger partial charge in [-0.3, -0.25) is 4.79 Å². The van der Waals surface area contributed by atoms with Crippen molar-refractivity contribution in [3.63, 3.8) is 0 Å². The number of aliphatic carboxylic acids is 1. The molecule has 0 bridgehead atoms. The Morgan fingerprint density at radius 3 is 2.19 bits per heavy atom. The van der Waals surface area contributed by atoms with Crippen LogP contribution in [0.3, 0.4) is 0 Å². The normalized spacial score (nSPS) is 20.3. The van der Waals surface area contributed by atoms with E-state index in [1.807, 2.05) is 24.3 Å². The SMILES string of the molecule is Cl.O=C(N[C@@H]1CCC[C@H]1C(=O)O)OCC1c2ccccc2-c2ccccc21. The first-order valence-corrected chi connectivity index (χ1v) is 8.99. The smallest absolute Gasteiger partial charge is 0.407 e. The van der Waals surface area contributed by atoms with E-state index in [1.54, 1.807) is 0 Å². The summed E-state index contributed by atoms with van der Waals surface area (Å²) >= 11 is 0. The van der Waals surface area contributed by atoms with Crippen LogP contribution in [-0.4, -0.2) is 29.8 Å². The Labute approximate surface area is 164 Å². The molecule has 2 atom stereocenters. The van der Waals surface area contributed by atoms with Gasteiger partial charge in [-0.05, 0) is 35.1 Å². The number of carboxylic acid groups (broad SMARTS) is 1. The van der Waals surface area contributed by atoms with E-state index in [1.165, 1.54) is 11.1 Å². The van der Waals surface area contributed by atoms with Gasteiger partial charge in [0.2, 0.25) is 0 Å². The largest absolute Gasteiger partial charge is 0.481 e. The first kappa shape index (κ1) is 19.2.